The molecule has 10 nitrogen and oxygen atoms in total. The Bertz CT molecular complexity index is 979. The van der Waals surface area contributed by atoms with Crippen molar-refractivity contribution >= 4 is 29.3 Å². The summed E-state index contributed by atoms with van der Waals surface area (Å²) in [6, 6.07) is 4.09. The van der Waals surface area contributed by atoms with Crippen LogP contribution in [0.25, 0.3) is 0 Å². The number of carbonyl (C=O) groups is 2. The highest BCUT2D eigenvalue weighted by atomic mass is 32.2. The quantitative estimate of drug-likeness (QED) is 0.390. The van der Waals surface area contributed by atoms with E-state index in [1.54, 1.807) is 11.6 Å². The fourth-order valence-electron chi connectivity index (χ4n) is 3.59. The molecule has 11 heteroatoms. The van der Waals surface area contributed by atoms with Gasteiger partial charge in [0.1, 0.15) is 6.33 Å². The second-order valence-corrected chi connectivity index (χ2v) is 8.79. The second-order valence-electron chi connectivity index (χ2n) is 7.78. The molecule has 0 unspecified atom stereocenters. The van der Waals surface area contributed by atoms with Gasteiger partial charge in [-0.05, 0) is 42.2 Å². The van der Waals surface area contributed by atoms with Gasteiger partial charge in [-0.25, -0.2) is 4.79 Å². The predicted octanol–water partition coefficient (Wildman–Crippen LogP) is 2.97. The van der Waals surface area contributed by atoms with Gasteiger partial charge in [0.05, 0.1) is 15.4 Å². The van der Waals surface area contributed by atoms with E-state index >= 15 is 0 Å². The summed E-state index contributed by atoms with van der Waals surface area (Å²) in [5, 5.41) is 22.5. The Kier molecular flexibility index (Phi) is 7.26. The molecule has 31 heavy (non-hydrogen) atoms. The van der Waals surface area contributed by atoms with E-state index in [1.165, 1.54) is 18.5 Å². The first-order valence-corrected chi connectivity index (χ1v) is 10.8. The van der Waals surface area contributed by atoms with E-state index in [4.69, 9.17) is 4.74 Å². The molecule has 3 atom stereocenters. The number of nitro groups is 1. The van der Waals surface area contributed by atoms with E-state index in [9.17, 15) is 19.7 Å². The molecule has 0 radical (unpaired) electrons. The number of hydrogen-bond donors (Lipinski definition) is 1. The van der Waals surface area contributed by atoms with Crippen molar-refractivity contribution in [3.8, 4) is 0 Å². The SMILES string of the molecule is C[C@@H]1[C@H](C)CCC[C@@H]1NC(=O)COC(=O)c1ccc(Sc2nncn2C)c([N+](=O)[O-])c1. The molecule has 1 heterocycles. The zero-order valence-corrected chi connectivity index (χ0v) is 18.4. The number of nitrogens with zero attached hydrogens (tertiary/aromatic N) is 4. The van der Waals surface area contributed by atoms with Crippen LogP contribution in [0.3, 0.4) is 0 Å². The van der Waals surface area contributed by atoms with E-state index in [-0.39, 0.29) is 23.2 Å². The number of esters is 1. The van der Waals surface area contributed by atoms with Crippen LogP contribution >= 0.6 is 11.8 Å². The fraction of sp³-hybridized carbons (Fsp3) is 0.500. The lowest BCUT2D eigenvalue weighted by atomic mass is 9.78. The Balaban J connectivity index is 1.62. The van der Waals surface area contributed by atoms with E-state index in [0.717, 1.165) is 37.1 Å². The number of nitro benzene ring substituents is 1. The van der Waals surface area contributed by atoms with Gasteiger partial charge < -0.3 is 14.6 Å². The van der Waals surface area contributed by atoms with Crippen molar-refractivity contribution in [1.29, 1.82) is 0 Å². The molecule has 0 aliphatic heterocycles. The molecule has 1 aromatic heterocycles. The van der Waals surface area contributed by atoms with E-state index in [2.05, 4.69) is 29.4 Å². The number of hydrogen-bond acceptors (Lipinski definition) is 8. The maximum Gasteiger partial charge on any atom is 0.338 e. The molecule has 1 saturated carbocycles. The molecular weight excluding hydrogens is 422 g/mol. The molecule has 1 aliphatic carbocycles. The second kappa shape index (κ2) is 9.90. The van der Waals surface area contributed by atoms with Gasteiger partial charge in [0.25, 0.3) is 11.6 Å². The summed E-state index contributed by atoms with van der Waals surface area (Å²) >= 11 is 1.07. The lowest BCUT2D eigenvalue weighted by Crippen LogP contribution is -2.45. The molecule has 166 valence electrons. The summed E-state index contributed by atoms with van der Waals surface area (Å²) in [5.41, 5.74) is -0.251. The highest BCUT2D eigenvalue weighted by Gasteiger charge is 2.28. The Morgan fingerprint density at radius 1 is 1.35 bits per heavy atom. The van der Waals surface area contributed by atoms with Crippen LogP contribution in [-0.4, -0.2) is 44.2 Å². The van der Waals surface area contributed by atoms with Gasteiger partial charge in [-0.15, -0.1) is 10.2 Å². The van der Waals surface area contributed by atoms with Crippen molar-refractivity contribution in [3.63, 3.8) is 0 Å². The molecule has 0 spiro atoms. The molecule has 1 N–H and O–H groups in total. The number of rotatable bonds is 7. The third kappa shape index (κ3) is 5.60. The first kappa shape index (κ1) is 22.7. The summed E-state index contributed by atoms with van der Waals surface area (Å²) in [4.78, 5) is 35.8. The number of aryl methyl sites for hydroxylation is 1. The van der Waals surface area contributed by atoms with E-state index < -0.39 is 17.5 Å². The number of amides is 1. The minimum absolute atomic E-state index is 0.00136. The topological polar surface area (TPSA) is 129 Å². The molecule has 1 aromatic carbocycles. The Morgan fingerprint density at radius 3 is 2.81 bits per heavy atom. The van der Waals surface area contributed by atoms with Crippen molar-refractivity contribution in [2.24, 2.45) is 18.9 Å². The first-order chi connectivity index (χ1) is 14.8. The molecule has 2 aromatic rings. The van der Waals surface area contributed by atoms with Crippen molar-refractivity contribution < 1.29 is 19.2 Å². The standard InChI is InChI=1S/C20H25N5O5S/c1-12-5-4-6-15(13(12)2)22-18(26)10-30-19(27)14-7-8-17(16(9-14)25(28)29)31-20-23-21-11-24(20)3/h7-9,11-13,15H,4-6,10H2,1-3H3,(H,22,26)/t12-,13-,15+/m1/s1. The van der Waals surface area contributed by atoms with Gasteiger partial charge in [-0.2, -0.15) is 0 Å². The van der Waals surface area contributed by atoms with Gasteiger partial charge in [0.15, 0.2) is 11.8 Å². The monoisotopic (exact) mass is 447 g/mol. The summed E-state index contributed by atoms with van der Waals surface area (Å²) in [7, 11) is 1.72. The summed E-state index contributed by atoms with van der Waals surface area (Å²) in [6.07, 6.45) is 4.59. The van der Waals surface area contributed by atoms with Gasteiger partial charge in [-0.1, -0.05) is 26.7 Å². The third-order valence-corrected chi connectivity index (χ3v) is 6.77. The molecule has 3 rings (SSSR count). The van der Waals surface area contributed by atoms with E-state index in [1.807, 2.05) is 0 Å². The number of carbonyl (C=O) groups excluding carboxylic acids is 2. The Hall–Kier alpha value is -2.95. The fourth-order valence-corrected chi connectivity index (χ4v) is 4.44. The average molecular weight is 448 g/mol. The Morgan fingerprint density at radius 2 is 2.13 bits per heavy atom. The van der Waals surface area contributed by atoms with Gasteiger partial charge >= 0.3 is 5.97 Å². The van der Waals surface area contributed by atoms with Crippen LogP contribution in [0.4, 0.5) is 5.69 Å². The summed E-state index contributed by atoms with van der Waals surface area (Å²) in [6.45, 7) is 3.85. The highest BCUT2D eigenvalue weighted by molar-refractivity contribution is 7.99. The zero-order valence-electron chi connectivity index (χ0n) is 17.6. The molecular formula is C20H25N5O5S. The number of aromatic nitrogens is 3. The van der Waals surface area contributed by atoms with Crippen LogP contribution in [0.2, 0.25) is 0 Å². The smallest absolute Gasteiger partial charge is 0.338 e. The van der Waals surface area contributed by atoms with Gasteiger partial charge in [-0.3, -0.25) is 14.9 Å². The lowest BCUT2D eigenvalue weighted by Gasteiger charge is -2.34. The lowest BCUT2D eigenvalue weighted by molar-refractivity contribution is -0.387. The largest absolute Gasteiger partial charge is 0.452 e. The predicted molar refractivity (Wildman–Crippen MR) is 113 cm³/mol. The van der Waals surface area contributed by atoms with Crippen molar-refractivity contribution in [1.82, 2.24) is 20.1 Å². The van der Waals surface area contributed by atoms with Crippen LogP contribution < -0.4 is 5.32 Å². The van der Waals surface area contributed by atoms with Crippen LogP contribution in [0.1, 0.15) is 43.5 Å². The molecule has 1 amide bonds. The summed E-state index contributed by atoms with van der Waals surface area (Å²) < 4.78 is 6.71. The Labute approximate surface area is 183 Å². The van der Waals surface area contributed by atoms with Crippen LogP contribution in [-0.2, 0) is 16.6 Å². The molecule has 1 fully saturated rings. The minimum Gasteiger partial charge on any atom is -0.452 e. The number of nitrogens with one attached hydrogen (secondary N) is 1. The number of benzene rings is 1. The van der Waals surface area contributed by atoms with Crippen LogP contribution in [0.5, 0.6) is 0 Å². The summed E-state index contributed by atoms with van der Waals surface area (Å²) in [5.74, 6) is -0.281. The van der Waals surface area contributed by atoms with Crippen LogP contribution in [0.15, 0.2) is 34.6 Å². The van der Waals surface area contributed by atoms with Crippen molar-refractivity contribution in [3.05, 3.63) is 40.2 Å². The number of ether oxygens (including phenoxy) is 1. The minimum atomic E-state index is -0.793. The zero-order chi connectivity index (χ0) is 22.5. The molecule has 0 bridgehead atoms. The first-order valence-electron chi connectivity index (χ1n) is 10.0. The van der Waals surface area contributed by atoms with Gasteiger partial charge in [0.2, 0.25) is 0 Å². The normalized spacial score (nSPS) is 20.8. The maximum atomic E-state index is 12.4. The maximum absolute atomic E-state index is 12.4. The van der Waals surface area contributed by atoms with E-state index in [0.29, 0.717) is 21.9 Å². The van der Waals surface area contributed by atoms with Crippen molar-refractivity contribution in [2.75, 3.05) is 6.61 Å². The average Bonchev–Trinajstić information content (AvgIpc) is 3.14. The highest BCUT2D eigenvalue weighted by Crippen LogP contribution is 2.34. The molecule has 1 aliphatic rings. The molecule has 0 saturated heterocycles. The van der Waals surface area contributed by atoms with Crippen molar-refractivity contribution in [2.45, 2.75) is 49.2 Å². The van der Waals surface area contributed by atoms with Crippen LogP contribution in [0, 0.1) is 22.0 Å². The third-order valence-electron chi connectivity index (χ3n) is 5.65. The van der Waals surface area contributed by atoms with Gasteiger partial charge in [0, 0.05) is 19.2 Å².